The summed E-state index contributed by atoms with van der Waals surface area (Å²) in [6, 6.07) is 39.4. The number of fused-ring (bicyclic) bond motifs is 4. The molecular formula is C41H36N4O2. The van der Waals surface area contributed by atoms with Crippen molar-refractivity contribution in [2.24, 2.45) is 5.73 Å². The van der Waals surface area contributed by atoms with Crippen LogP contribution in [0.1, 0.15) is 54.0 Å². The number of carbonyl (C=O) groups excluding carboxylic acids is 1. The van der Waals surface area contributed by atoms with Gasteiger partial charge in [0.25, 0.3) is 0 Å². The maximum atomic E-state index is 12.9. The Labute approximate surface area is 275 Å². The summed E-state index contributed by atoms with van der Waals surface area (Å²) in [5, 5.41) is 17.6. The van der Waals surface area contributed by atoms with Crippen molar-refractivity contribution < 1.29 is 9.21 Å². The molecule has 0 spiro atoms. The van der Waals surface area contributed by atoms with Crippen molar-refractivity contribution in [2.75, 3.05) is 0 Å². The van der Waals surface area contributed by atoms with E-state index < -0.39 is 5.91 Å². The highest BCUT2D eigenvalue weighted by atomic mass is 16.4. The standard InChI is InChI=1S/C32H23N3O2.C7H7N.C2H6/c1-20-24-15-7-5-10-21(24)14-9-17-27(30(33)36)29(26-19-18-22-11-6-8-16-25(22)28(20)26)32-35-34-31(37-32)23-12-3-2-4-13-23;8-6-7-4-2-1-3-5-7;1-2/h2-16,18-19H,1,17H2,(H2,33,36);1-6,8H;1-2H3/b14-9-,29-27-;;. The molecule has 0 fully saturated rings. The fourth-order valence-electron chi connectivity index (χ4n) is 5.46. The molecule has 232 valence electrons. The van der Waals surface area contributed by atoms with E-state index in [2.05, 4.69) is 35.0 Å². The number of rotatable bonds is 4. The van der Waals surface area contributed by atoms with E-state index >= 15 is 0 Å². The van der Waals surface area contributed by atoms with Gasteiger partial charge in [-0.15, -0.1) is 10.2 Å². The molecule has 7 rings (SSSR count). The van der Waals surface area contributed by atoms with Gasteiger partial charge in [-0.1, -0.05) is 142 Å². The Morgan fingerprint density at radius 3 is 2.13 bits per heavy atom. The SMILES string of the molecule is C=C1c2ccccc2/C=C\C/C(C(N)=O)=C(/c2nnc(-c3ccccc3)o2)c2ccc3ccccc3c21.CC.N=Cc1ccccc1. The molecule has 6 heteroatoms. The number of hydrogen-bond acceptors (Lipinski definition) is 5. The van der Waals surface area contributed by atoms with Gasteiger partial charge in [0.1, 0.15) is 0 Å². The number of aromatic nitrogens is 2. The van der Waals surface area contributed by atoms with Crippen LogP contribution in [0.2, 0.25) is 0 Å². The fourth-order valence-corrected chi connectivity index (χ4v) is 5.46. The van der Waals surface area contributed by atoms with Crippen molar-refractivity contribution in [1.29, 1.82) is 5.41 Å². The zero-order chi connectivity index (χ0) is 33.2. The molecule has 0 saturated heterocycles. The predicted octanol–water partition coefficient (Wildman–Crippen LogP) is 9.37. The molecule has 1 aliphatic carbocycles. The zero-order valence-corrected chi connectivity index (χ0v) is 26.5. The Balaban J connectivity index is 0.000000376. The molecule has 1 aliphatic rings. The first-order valence-corrected chi connectivity index (χ1v) is 15.5. The maximum Gasteiger partial charge on any atom is 0.249 e. The van der Waals surface area contributed by atoms with Gasteiger partial charge in [-0.05, 0) is 62.7 Å². The second-order valence-corrected chi connectivity index (χ2v) is 10.4. The first kappa shape index (κ1) is 32.3. The lowest BCUT2D eigenvalue weighted by Crippen LogP contribution is -2.17. The van der Waals surface area contributed by atoms with E-state index in [1.54, 1.807) is 0 Å². The number of primary amides is 1. The minimum atomic E-state index is -0.544. The molecule has 0 unspecified atom stereocenters. The second kappa shape index (κ2) is 15.2. The third kappa shape index (κ3) is 7.08. The molecule has 0 atom stereocenters. The number of carbonyl (C=O) groups is 1. The van der Waals surface area contributed by atoms with Crippen LogP contribution in [0.5, 0.6) is 0 Å². The Morgan fingerprint density at radius 2 is 1.43 bits per heavy atom. The zero-order valence-electron chi connectivity index (χ0n) is 26.5. The highest BCUT2D eigenvalue weighted by Crippen LogP contribution is 2.41. The Morgan fingerprint density at radius 1 is 0.787 bits per heavy atom. The lowest BCUT2D eigenvalue weighted by atomic mass is 9.83. The van der Waals surface area contributed by atoms with E-state index in [-0.39, 0.29) is 5.89 Å². The average molecular weight is 617 g/mol. The van der Waals surface area contributed by atoms with Gasteiger partial charge in [0.15, 0.2) is 0 Å². The van der Waals surface area contributed by atoms with Gasteiger partial charge in [-0.3, -0.25) is 4.79 Å². The molecule has 3 N–H and O–H groups in total. The summed E-state index contributed by atoms with van der Waals surface area (Å²) >= 11 is 0. The first-order valence-electron chi connectivity index (χ1n) is 15.5. The molecule has 1 aromatic heterocycles. The molecule has 0 aliphatic heterocycles. The van der Waals surface area contributed by atoms with E-state index in [1.807, 2.05) is 129 Å². The van der Waals surface area contributed by atoms with Gasteiger partial charge in [0.05, 0.1) is 5.57 Å². The summed E-state index contributed by atoms with van der Waals surface area (Å²) in [6.07, 6.45) is 5.58. The van der Waals surface area contributed by atoms with E-state index in [0.717, 1.165) is 49.7 Å². The highest BCUT2D eigenvalue weighted by molar-refractivity contribution is 6.09. The predicted molar refractivity (Wildman–Crippen MR) is 193 cm³/mol. The maximum absolute atomic E-state index is 12.9. The molecular weight excluding hydrogens is 580 g/mol. The average Bonchev–Trinajstić information content (AvgIpc) is 3.62. The second-order valence-electron chi connectivity index (χ2n) is 10.4. The van der Waals surface area contributed by atoms with E-state index in [1.165, 1.54) is 6.21 Å². The molecule has 1 amide bonds. The van der Waals surface area contributed by atoms with Crippen molar-refractivity contribution in [3.05, 3.63) is 173 Å². The molecule has 0 radical (unpaired) electrons. The monoisotopic (exact) mass is 616 g/mol. The van der Waals surface area contributed by atoms with E-state index in [9.17, 15) is 4.79 Å². The number of allylic oxidation sites excluding steroid dienone is 1. The van der Waals surface area contributed by atoms with Crippen LogP contribution in [-0.4, -0.2) is 22.3 Å². The van der Waals surface area contributed by atoms with Crippen molar-refractivity contribution in [3.8, 4) is 11.5 Å². The van der Waals surface area contributed by atoms with Crippen LogP contribution < -0.4 is 5.73 Å². The lowest BCUT2D eigenvalue weighted by Gasteiger charge is -2.20. The van der Waals surface area contributed by atoms with Gasteiger partial charge < -0.3 is 15.6 Å². The van der Waals surface area contributed by atoms with Gasteiger partial charge in [-0.2, -0.15) is 0 Å². The van der Waals surface area contributed by atoms with Gasteiger partial charge >= 0.3 is 0 Å². The Hall–Kier alpha value is -6.14. The topological polar surface area (TPSA) is 106 Å². The molecule has 6 aromatic rings. The first-order chi connectivity index (χ1) is 23.0. The fraction of sp³-hybridized carbons (Fsp3) is 0.0732. The largest absolute Gasteiger partial charge is 0.416 e. The summed E-state index contributed by atoms with van der Waals surface area (Å²) in [5.41, 5.74) is 13.2. The minimum absolute atomic E-state index is 0.235. The van der Waals surface area contributed by atoms with Crippen molar-refractivity contribution >= 4 is 40.1 Å². The number of amides is 1. The Kier molecular flexibility index (Phi) is 10.5. The molecule has 5 aromatic carbocycles. The molecule has 0 bridgehead atoms. The number of hydrogen-bond donors (Lipinski definition) is 2. The quantitative estimate of drug-likeness (QED) is 0.193. The van der Waals surface area contributed by atoms with Crippen LogP contribution in [0.15, 0.2) is 144 Å². The van der Waals surface area contributed by atoms with Gasteiger partial charge in [0.2, 0.25) is 17.7 Å². The minimum Gasteiger partial charge on any atom is -0.416 e. The van der Waals surface area contributed by atoms with Crippen molar-refractivity contribution in [3.63, 3.8) is 0 Å². The van der Waals surface area contributed by atoms with Crippen molar-refractivity contribution in [1.82, 2.24) is 10.2 Å². The summed E-state index contributed by atoms with van der Waals surface area (Å²) in [7, 11) is 0. The molecule has 1 heterocycles. The summed E-state index contributed by atoms with van der Waals surface area (Å²) in [4.78, 5) is 12.9. The third-order valence-corrected chi connectivity index (χ3v) is 7.63. The van der Waals surface area contributed by atoms with Crippen LogP contribution in [-0.2, 0) is 4.79 Å². The molecule has 47 heavy (non-hydrogen) atoms. The summed E-state index contributed by atoms with van der Waals surface area (Å²) in [5.74, 6) is 0.0583. The summed E-state index contributed by atoms with van der Waals surface area (Å²) < 4.78 is 6.19. The van der Waals surface area contributed by atoms with Crippen LogP contribution in [0.3, 0.4) is 0 Å². The van der Waals surface area contributed by atoms with Crippen LogP contribution in [0.4, 0.5) is 0 Å². The lowest BCUT2D eigenvalue weighted by molar-refractivity contribution is -0.114. The Bertz CT molecular complexity index is 2090. The highest BCUT2D eigenvalue weighted by Gasteiger charge is 2.26. The molecule has 0 saturated carbocycles. The van der Waals surface area contributed by atoms with Crippen LogP contribution in [0.25, 0.3) is 39.4 Å². The normalized spacial score (nSPS) is 14.3. The van der Waals surface area contributed by atoms with Gasteiger partial charge in [-0.25, -0.2) is 0 Å². The number of nitrogens with two attached hydrogens (primary N) is 1. The van der Waals surface area contributed by atoms with Gasteiger partial charge in [0, 0.05) is 17.4 Å². The number of benzene rings is 5. The van der Waals surface area contributed by atoms with E-state index in [4.69, 9.17) is 15.6 Å². The van der Waals surface area contributed by atoms with Crippen LogP contribution >= 0.6 is 0 Å². The third-order valence-electron chi connectivity index (χ3n) is 7.63. The van der Waals surface area contributed by atoms with Crippen LogP contribution in [0, 0.1) is 5.41 Å². The smallest absolute Gasteiger partial charge is 0.249 e. The number of nitrogens with zero attached hydrogens (tertiary/aromatic N) is 2. The van der Waals surface area contributed by atoms with E-state index in [0.29, 0.717) is 23.5 Å². The molecule has 6 nitrogen and oxygen atoms in total. The number of nitrogens with one attached hydrogen (secondary N) is 1. The summed E-state index contributed by atoms with van der Waals surface area (Å²) in [6.45, 7) is 8.53. The van der Waals surface area contributed by atoms with Crippen molar-refractivity contribution in [2.45, 2.75) is 20.3 Å².